The van der Waals surface area contributed by atoms with E-state index in [4.69, 9.17) is 19.1 Å². The molecule has 0 fully saturated rings. The first-order valence-electron chi connectivity index (χ1n) is 9.45. The minimum absolute atomic E-state index is 0.220. The molecule has 3 rings (SSSR count). The number of hydrogen-bond donors (Lipinski definition) is 1. The van der Waals surface area contributed by atoms with E-state index in [0.29, 0.717) is 23.5 Å². The van der Waals surface area contributed by atoms with Gasteiger partial charge in [-0.1, -0.05) is 54.1 Å². The molecule has 0 heterocycles. The molecule has 0 bridgehead atoms. The van der Waals surface area contributed by atoms with Crippen LogP contribution in [0.1, 0.15) is 24.5 Å². The zero-order valence-electron chi connectivity index (χ0n) is 17.9. The Labute approximate surface area is 178 Å². The maximum absolute atomic E-state index is 11.7. The standard InChI is InChI=1S/C15H17NO4.C7H8.C2H4O/c1-18-13-8-7-12(14(9-13)19-2)10-20-16-15(17)11-5-3-4-6-11;1-7-5-3-2-4-6-7;1-2-3/h3-5,7-9H,6,10H2,1-2H3,(H,16,17);2-6H,1H3;2H,1H3. The van der Waals surface area contributed by atoms with Crippen LogP contribution in [0.4, 0.5) is 0 Å². The van der Waals surface area contributed by atoms with E-state index in [1.807, 2.05) is 42.5 Å². The van der Waals surface area contributed by atoms with Crippen LogP contribution in [0.5, 0.6) is 11.5 Å². The van der Waals surface area contributed by atoms with Gasteiger partial charge in [-0.3, -0.25) is 9.63 Å². The summed E-state index contributed by atoms with van der Waals surface area (Å²) >= 11 is 0. The molecule has 0 radical (unpaired) electrons. The topological polar surface area (TPSA) is 73.9 Å². The molecule has 1 N–H and O–H groups in total. The molecule has 0 unspecified atom stereocenters. The van der Waals surface area contributed by atoms with Crippen LogP contribution in [-0.4, -0.2) is 26.4 Å². The number of aldehydes is 1. The Morgan fingerprint density at radius 2 is 1.80 bits per heavy atom. The molecule has 0 aliphatic heterocycles. The Balaban J connectivity index is 0.000000372. The number of benzene rings is 2. The molecule has 2 aromatic rings. The molecule has 1 aliphatic rings. The highest BCUT2D eigenvalue weighted by molar-refractivity contribution is 5.93. The highest BCUT2D eigenvalue weighted by Gasteiger charge is 2.11. The molecule has 0 spiro atoms. The van der Waals surface area contributed by atoms with E-state index >= 15 is 0 Å². The van der Waals surface area contributed by atoms with Gasteiger partial charge in [0.2, 0.25) is 0 Å². The first kappa shape index (κ1) is 24.7. The van der Waals surface area contributed by atoms with Crippen molar-refractivity contribution >= 4 is 12.2 Å². The van der Waals surface area contributed by atoms with E-state index in [0.717, 1.165) is 11.8 Å². The summed E-state index contributed by atoms with van der Waals surface area (Å²) in [5.74, 6) is 1.14. The monoisotopic (exact) mass is 411 g/mol. The summed E-state index contributed by atoms with van der Waals surface area (Å²) in [5, 5.41) is 0. The summed E-state index contributed by atoms with van der Waals surface area (Å²) in [6.07, 6.45) is 6.93. The van der Waals surface area contributed by atoms with Crippen LogP contribution in [0.25, 0.3) is 0 Å². The number of rotatable bonds is 6. The summed E-state index contributed by atoms with van der Waals surface area (Å²) in [6.45, 7) is 3.75. The zero-order valence-corrected chi connectivity index (χ0v) is 17.9. The van der Waals surface area contributed by atoms with E-state index in [1.165, 1.54) is 12.5 Å². The highest BCUT2D eigenvalue weighted by atomic mass is 16.7. The molecule has 0 saturated carbocycles. The van der Waals surface area contributed by atoms with Gasteiger partial charge in [0.15, 0.2) is 0 Å². The number of carbonyl (C=O) groups excluding carboxylic acids is 2. The number of allylic oxidation sites excluding steroid dienone is 3. The van der Waals surface area contributed by atoms with Gasteiger partial charge in [-0.15, -0.1) is 0 Å². The minimum atomic E-state index is -0.220. The summed E-state index contributed by atoms with van der Waals surface area (Å²) < 4.78 is 10.4. The SMILES string of the molecule is CC=O.COc1ccc(CONC(=O)C2=CC=CC2)c(OC)c1.Cc1ccccc1. The molecule has 30 heavy (non-hydrogen) atoms. The first-order chi connectivity index (χ1) is 14.5. The van der Waals surface area contributed by atoms with Crippen molar-refractivity contribution in [1.29, 1.82) is 0 Å². The number of hydrogen-bond acceptors (Lipinski definition) is 5. The first-order valence-corrected chi connectivity index (χ1v) is 9.45. The van der Waals surface area contributed by atoms with Gasteiger partial charge in [-0.2, -0.15) is 0 Å². The predicted octanol–water partition coefficient (Wildman–Crippen LogP) is 4.34. The Kier molecular flexibility index (Phi) is 12.0. The molecular weight excluding hydrogens is 382 g/mol. The number of aryl methyl sites for hydroxylation is 1. The fourth-order valence-corrected chi connectivity index (χ4v) is 2.37. The van der Waals surface area contributed by atoms with Crippen molar-refractivity contribution in [2.45, 2.75) is 26.9 Å². The third-order valence-electron chi connectivity index (χ3n) is 3.89. The Morgan fingerprint density at radius 1 is 1.10 bits per heavy atom. The van der Waals surface area contributed by atoms with E-state index in [1.54, 1.807) is 26.4 Å². The number of methoxy groups -OCH3 is 2. The van der Waals surface area contributed by atoms with Gasteiger partial charge in [-0.05, 0) is 32.4 Å². The average Bonchev–Trinajstić information content (AvgIpc) is 3.30. The second-order valence-electron chi connectivity index (χ2n) is 6.11. The van der Waals surface area contributed by atoms with Gasteiger partial charge in [0.1, 0.15) is 24.4 Å². The lowest BCUT2D eigenvalue weighted by Crippen LogP contribution is -2.24. The number of hydroxylamine groups is 1. The van der Waals surface area contributed by atoms with Gasteiger partial charge in [0, 0.05) is 17.2 Å². The van der Waals surface area contributed by atoms with Crippen molar-refractivity contribution in [3.63, 3.8) is 0 Å². The van der Waals surface area contributed by atoms with Crippen LogP contribution in [0.15, 0.2) is 72.3 Å². The fraction of sp³-hybridized carbons (Fsp3) is 0.250. The van der Waals surface area contributed by atoms with Crippen LogP contribution in [0.3, 0.4) is 0 Å². The molecule has 0 aromatic heterocycles. The number of amides is 1. The normalized spacial score (nSPS) is 11.1. The smallest absolute Gasteiger partial charge is 0.271 e. The third-order valence-corrected chi connectivity index (χ3v) is 3.89. The molecule has 2 aromatic carbocycles. The highest BCUT2D eigenvalue weighted by Crippen LogP contribution is 2.24. The van der Waals surface area contributed by atoms with Crippen molar-refractivity contribution in [1.82, 2.24) is 5.48 Å². The average molecular weight is 411 g/mol. The van der Waals surface area contributed by atoms with Gasteiger partial charge >= 0.3 is 0 Å². The van der Waals surface area contributed by atoms with Crippen LogP contribution < -0.4 is 15.0 Å². The van der Waals surface area contributed by atoms with Crippen molar-refractivity contribution in [3.8, 4) is 11.5 Å². The van der Waals surface area contributed by atoms with Crippen molar-refractivity contribution in [3.05, 3.63) is 83.5 Å². The van der Waals surface area contributed by atoms with Crippen LogP contribution >= 0.6 is 0 Å². The molecule has 1 aliphatic carbocycles. The van der Waals surface area contributed by atoms with Crippen molar-refractivity contribution in [2.75, 3.05) is 14.2 Å². The number of nitrogens with one attached hydrogen (secondary N) is 1. The van der Waals surface area contributed by atoms with E-state index in [-0.39, 0.29) is 12.5 Å². The summed E-state index contributed by atoms with van der Waals surface area (Å²) in [5.41, 5.74) is 5.25. The minimum Gasteiger partial charge on any atom is -0.497 e. The molecule has 160 valence electrons. The van der Waals surface area contributed by atoms with Gasteiger partial charge < -0.3 is 14.3 Å². The van der Waals surface area contributed by atoms with Crippen molar-refractivity contribution < 1.29 is 23.9 Å². The lowest BCUT2D eigenvalue weighted by molar-refractivity contribution is -0.130. The van der Waals surface area contributed by atoms with Crippen molar-refractivity contribution in [2.24, 2.45) is 0 Å². The van der Waals surface area contributed by atoms with E-state index in [2.05, 4.69) is 24.5 Å². The van der Waals surface area contributed by atoms with Gasteiger partial charge in [0.25, 0.3) is 5.91 Å². The Morgan fingerprint density at radius 3 is 2.30 bits per heavy atom. The Bertz CT molecular complexity index is 844. The van der Waals surface area contributed by atoms with Crippen LogP contribution in [-0.2, 0) is 21.0 Å². The largest absolute Gasteiger partial charge is 0.497 e. The quantitative estimate of drug-likeness (QED) is 0.565. The third kappa shape index (κ3) is 9.21. The maximum Gasteiger partial charge on any atom is 0.271 e. The molecule has 0 atom stereocenters. The molecule has 1 amide bonds. The fourth-order valence-electron chi connectivity index (χ4n) is 2.37. The second-order valence-corrected chi connectivity index (χ2v) is 6.11. The van der Waals surface area contributed by atoms with E-state index < -0.39 is 0 Å². The lowest BCUT2D eigenvalue weighted by atomic mass is 10.2. The van der Waals surface area contributed by atoms with Crippen LogP contribution in [0, 0.1) is 6.92 Å². The Hall–Kier alpha value is -3.38. The summed E-state index contributed by atoms with van der Waals surface area (Å²) in [6, 6.07) is 15.7. The molecule has 0 saturated heterocycles. The molecule has 6 heteroatoms. The van der Waals surface area contributed by atoms with Gasteiger partial charge in [0.05, 0.1) is 14.2 Å². The van der Waals surface area contributed by atoms with Crippen LogP contribution in [0.2, 0.25) is 0 Å². The summed E-state index contributed by atoms with van der Waals surface area (Å²) in [7, 11) is 3.17. The number of carbonyl (C=O) groups is 2. The predicted molar refractivity (Wildman–Crippen MR) is 117 cm³/mol. The second kappa shape index (κ2) is 14.6. The van der Waals surface area contributed by atoms with E-state index in [9.17, 15) is 4.79 Å². The molecular formula is C24H29NO5. The maximum atomic E-state index is 11.7. The summed E-state index contributed by atoms with van der Waals surface area (Å²) in [4.78, 5) is 25.7. The zero-order chi connectivity index (χ0) is 22.2. The lowest BCUT2D eigenvalue weighted by Gasteiger charge is -2.11. The molecule has 6 nitrogen and oxygen atoms in total. The number of ether oxygens (including phenoxy) is 2. The van der Waals surface area contributed by atoms with Gasteiger partial charge in [-0.25, -0.2) is 5.48 Å².